The third kappa shape index (κ3) is 23.2. The number of hydrogen-bond donors (Lipinski definition) is 8. The summed E-state index contributed by atoms with van der Waals surface area (Å²) < 4.78 is 355. The zero-order chi connectivity index (χ0) is 95.6. The van der Waals surface area contributed by atoms with Crippen molar-refractivity contribution in [3.05, 3.63) is 116 Å². The number of ether oxygens (including phenoxy) is 2. The zero-order valence-corrected chi connectivity index (χ0v) is 68.9. The van der Waals surface area contributed by atoms with Crippen LogP contribution in [-0.4, -0.2) is 231 Å². The smallest absolute Gasteiger partial charge is 0.481 e. The molecule has 0 atom stereocenters. The summed E-state index contributed by atoms with van der Waals surface area (Å²) in [5.74, 6) is -8.87. The normalized spacial score (nSPS) is 15.5. The Morgan fingerprint density at radius 3 is 1.11 bits per heavy atom. The first-order valence-corrected chi connectivity index (χ1v) is 42.2. The van der Waals surface area contributed by atoms with Crippen molar-refractivity contribution in [2.75, 3.05) is 26.7 Å². The van der Waals surface area contributed by atoms with Crippen molar-refractivity contribution in [3.63, 3.8) is 0 Å². The van der Waals surface area contributed by atoms with Crippen LogP contribution in [0.2, 0.25) is 0 Å². The number of unbranched alkanes of at least 4 members (excludes halogenated alkanes) is 1. The molecule has 5 aliphatic heterocycles. The fraction of sp³-hybridized carbons (Fsp3) is 0.415. The van der Waals surface area contributed by atoms with E-state index in [1.807, 2.05) is 0 Å². The first-order valence-electron chi connectivity index (χ1n) is 34.8. The van der Waals surface area contributed by atoms with Crippen LogP contribution in [0.4, 0.5) is 65.9 Å². The number of methoxy groups -OCH3 is 1. The van der Waals surface area contributed by atoms with E-state index in [0.29, 0.717) is 48.2 Å². The van der Waals surface area contributed by atoms with Crippen LogP contribution >= 0.6 is 0 Å². The molecule has 684 valence electrons. The Kier molecular flexibility index (Phi) is 32.5. The maximum atomic E-state index is 13.4. The predicted molar refractivity (Wildman–Crippen MR) is 395 cm³/mol. The summed E-state index contributed by atoms with van der Waals surface area (Å²) in [6.45, 7) is 4.34. The average Bonchev–Trinajstić information content (AvgIpc) is 1.58. The zero-order valence-electron chi connectivity index (χ0n) is 64.8. The number of Topliss-reactive ketones (excluding diaryl/α,β-unsaturated/α-hetero) is 2. The molecular weight excluding hydrogens is 1840 g/mol. The number of aliphatic carboxylic acids is 2. The molecule has 0 unspecified atom stereocenters. The number of rotatable bonds is 23. The van der Waals surface area contributed by atoms with Gasteiger partial charge in [-0.1, -0.05) is 12.1 Å². The minimum Gasteiger partial charge on any atom is -0.481 e. The van der Waals surface area contributed by atoms with E-state index in [1.165, 1.54) is 0 Å². The number of carboxylic acids is 3. The summed E-state index contributed by atoms with van der Waals surface area (Å²) in [6, 6.07) is 7.20. The molecule has 5 aromatic carbocycles. The van der Waals surface area contributed by atoms with Gasteiger partial charge in [0.15, 0.2) is 11.6 Å². The molecule has 125 heavy (non-hydrogen) atoms. The number of aromatic carboxylic acids is 1. The van der Waals surface area contributed by atoms with Crippen LogP contribution in [0.25, 0.3) is 0 Å². The fourth-order valence-electron chi connectivity index (χ4n) is 11.6. The minimum atomic E-state index is -6.08. The summed E-state index contributed by atoms with van der Waals surface area (Å²) in [7, 11) is -36.7. The number of halogens is 15. The second-order valence-corrected chi connectivity index (χ2v) is 37.2. The quantitative estimate of drug-likeness (QED) is 0.0153. The first kappa shape index (κ1) is 105. The van der Waals surface area contributed by atoms with E-state index in [1.54, 1.807) is 27.7 Å². The molecule has 10 rings (SSSR count). The Labute approximate surface area is 698 Å². The number of carboxylic acid groups (broad SMARTS) is 3. The molecule has 0 aromatic heterocycles. The standard InChI is InChI=1S/C23H19B2F6NO12S2.C18H22BF3O8S.C10H8BF3O5S.C9H6BF3O6S.C5H11NO2/c26-22(27,28)45(39,40)18-6-11(4-15-13(18)9-43-24(15)37)17(33)2-1-3-32(8-20(34)35)21(36)12-5-16-14(10-44-25(16)38)19(7-12)46(41,42)23(29,30)31;1-10(23)28-9-12-13(19-29-16(2,3)17(4,5)30-19)7-11(15(24)27-6)8-14(12)31(25,26)18(20,21)22;1-5(15)6-2-8-7(4-19-11(8)16)9(3-6)20(17,18)10(12,13)14;11-9(12,13)20(17,18)7-2-4(8(14)15)1-6-5(7)3-19-10(6)16;6-4-2-1-3-5(7)8/h4-7,37-38H,1-3,8-10H2,(H,34,35);7-8H,9H2,1-6H3;2-3,16H,4H2,1H3;1-2,16H,3H2,(H,14,15);1-4,6H2,(H,7,8). The van der Waals surface area contributed by atoms with Crippen molar-refractivity contribution in [1.29, 1.82) is 0 Å². The number of benzene rings is 5. The Bertz CT molecular complexity index is 5550. The number of carbonyl (C=O) groups is 8. The largest absolute Gasteiger partial charge is 0.501 e. The van der Waals surface area contributed by atoms with Crippen LogP contribution in [0.3, 0.4) is 0 Å². The molecular formula is C65H66B5F15N2O33S5. The summed E-state index contributed by atoms with van der Waals surface area (Å²) >= 11 is 0. The van der Waals surface area contributed by atoms with Crippen molar-refractivity contribution >= 4 is 159 Å². The van der Waals surface area contributed by atoms with Gasteiger partial charge in [-0.25, -0.2) is 51.7 Å². The van der Waals surface area contributed by atoms with Crippen molar-refractivity contribution < 1.29 is 219 Å². The summed E-state index contributed by atoms with van der Waals surface area (Å²) in [5.41, 5.74) is -31.7. The van der Waals surface area contributed by atoms with Gasteiger partial charge in [-0.2, -0.15) is 65.9 Å². The lowest BCUT2D eigenvalue weighted by Gasteiger charge is -2.32. The number of alkyl halides is 15. The van der Waals surface area contributed by atoms with Crippen LogP contribution in [0.1, 0.15) is 153 Å². The van der Waals surface area contributed by atoms with E-state index in [-0.39, 0.29) is 39.5 Å². The third-order valence-electron chi connectivity index (χ3n) is 18.7. The van der Waals surface area contributed by atoms with Crippen molar-refractivity contribution in [2.24, 2.45) is 5.73 Å². The average molecular weight is 1900 g/mol. The third-order valence-corrected chi connectivity index (χ3v) is 26.4. The van der Waals surface area contributed by atoms with E-state index in [4.69, 9.17) is 44.0 Å². The number of fused-ring (bicyclic) bond motifs is 4. The highest BCUT2D eigenvalue weighted by Crippen LogP contribution is 2.42. The number of esters is 2. The van der Waals surface area contributed by atoms with Gasteiger partial charge in [-0.15, -0.1) is 0 Å². The van der Waals surface area contributed by atoms with Gasteiger partial charge >= 0.3 is 93.0 Å². The van der Waals surface area contributed by atoms with Gasteiger partial charge in [0.2, 0.25) is 0 Å². The van der Waals surface area contributed by atoms with Crippen LogP contribution < -0.4 is 33.0 Å². The molecule has 9 N–H and O–H groups in total. The molecule has 1 amide bonds. The Hall–Kier alpha value is -9.16. The van der Waals surface area contributed by atoms with Gasteiger partial charge in [0.25, 0.3) is 55.1 Å². The molecule has 60 heteroatoms. The number of hydrogen-bond acceptors (Lipinski definition) is 31. The van der Waals surface area contributed by atoms with Gasteiger partial charge < -0.3 is 83.4 Å². The lowest BCUT2D eigenvalue weighted by molar-refractivity contribution is -0.142. The Balaban J connectivity index is 0.000000264. The van der Waals surface area contributed by atoms with Gasteiger partial charge in [-0.3, -0.25) is 28.8 Å². The molecule has 0 radical (unpaired) electrons. The molecule has 1 saturated heterocycles. The molecule has 0 bridgehead atoms. The highest BCUT2D eigenvalue weighted by Gasteiger charge is 2.57. The molecule has 0 aliphatic carbocycles. The van der Waals surface area contributed by atoms with Crippen molar-refractivity contribution in [2.45, 2.75) is 170 Å². The molecule has 35 nitrogen and oxygen atoms in total. The lowest BCUT2D eigenvalue weighted by atomic mass is 9.75. The summed E-state index contributed by atoms with van der Waals surface area (Å²) in [4.78, 5) is 87.2. The van der Waals surface area contributed by atoms with Crippen molar-refractivity contribution in [1.82, 2.24) is 4.90 Å². The van der Waals surface area contributed by atoms with E-state index < -0.39 is 304 Å². The Morgan fingerprint density at radius 2 is 0.776 bits per heavy atom. The van der Waals surface area contributed by atoms with Gasteiger partial charge in [0.1, 0.15) is 13.2 Å². The highest BCUT2D eigenvalue weighted by atomic mass is 32.2. The molecule has 5 aliphatic rings. The Morgan fingerprint density at radius 1 is 0.448 bits per heavy atom. The van der Waals surface area contributed by atoms with E-state index in [9.17, 15) is 172 Å². The summed E-state index contributed by atoms with van der Waals surface area (Å²) in [6.07, 6.45) is 0.685. The number of sulfone groups is 5. The molecule has 0 spiro atoms. The van der Waals surface area contributed by atoms with Gasteiger partial charge in [0, 0.05) is 48.6 Å². The predicted octanol–water partition coefficient (Wildman–Crippen LogP) is 2.52. The number of nitrogens with two attached hydrogens (primary N) is 1. The summed E-state index contributed by atoms with van der Waals surface area (Å²) in [5, 5.41) is 65.0. The maximum absolute atomic E-state index is 13.4. The number of ketones is 2. The van der Waals surface area contributed by atoms with Crippen LogP contribution in [0.5, 0.6) is 0 Å². The van der Waals surface area contributed by atoms with Crippen molar-refractivity contribution in [3.8, 4) is 0 Å². The first-order chi connectivity index (χ1) is 56.9. The minimum absolute atomic E-state index is 0.138. The SMILES string of the molecule is CC(=O)c1cc2c(c(S(=O)(=O)C(F)(F)F)c1)COB2O.COC(=O)c1cc(B2OC(C)(C)C(C)(C)O2)c(COC(C)=O)c(S(=O)(=O)C(F)(F)F)c1.NCCCCC(=O)O.O=C(O)CN(CCCC(=O)c1cc2c(c(S(=O)(=O)C(F)(F)F)c1)COB2O)C(=O)c1cc2c(c(S(=O)(=O)C(F)(F)F)c1)COB2O.O=C(O)c1cc2c(c(S(=O)(=O)C(F)(F)F)c1)COB2O. The number of nitrogens with zero attached hydrogens (tertiary/aromatic N) is 1. The highest BCUT2D eigenvalue weighted by molar-refractivity contribution is 7.93. The number of carbonyl (C=O) groups excluding carboxylic acids is 5. The molecule has 1 fully saturated rings. The molecule has 5 heterocycles. The van der Waals surface area contributed by atoms with Crippen LogP contribution in [0.15, 0.2) is 85.1 Å². The second-order valence-electron chi connectivity index (χ2n) is 27.6. The van der Waals surface area contributed by atoms with E-state index in [2.05, 4.69) is 9.39 Å². The van der Waals surface area contributed by atoms with E-state index >= 15 is 0 Å². The molecule has 5 aromatic rings. The van der Waals surface area contributed by atoms with E-state index in [0.717, 1.165) is 57.7 Å². The van der Waals surface area contributed by atoms with Crippen LogP contribution in [0, 0.1) is 0 Å². The van der Waals surface area contributed by atoms with Gasteiger partial charge in [-0.05, 0) is 159 Å². The fourth-order valence-corrected chi connectivity index (χ4v) is 16.8. The lowest BCUT2D eigenvalue weighted by Crippen LogP contribution is -2.41. The topological polar surface area (TPSA) is 552 Å². The van der Waals surface area contributed by atoms with Crippen LogP contribution in [-0.2, 0) is 134 Å². The maximum Gasteiger partial charge on any atom is 0.501 e. The molecule has 0 saturated carbocycles. The second kappa shape index (κ2) is 38.8. The monoisotopic (exact) mass is 1900 g/mol. The van der Waals surface area contributed by atoms with Gasteiger partial charge in [0.05, 0.1) is 80.3 Å². The number of amides is 1.